The van der Waals surface area contributed by atoms with E-state index in [1.54, 1.807) is 0 Å². The molecule has 1 aromatic heterocycles. The van der Waals surface area contributed by atoms with Crippen molar-refractivity contribution < 1.29 is 19.5 Å². The van der Waals surface area contributed by atoms with Crippen LogP contribution in [0.25, 0.3) is 11.1 Å². The van der Waals surface area contributed by atoms with Crippen LogP contribution in [0.4, 0.5) is 5.00 Å². The van der Waals surface area contributed by atoms with Gasteiger partial charge in [-0.1, -0.05) is 42.5 Å². The van der Waals surface area contributed by atoms with Crippen molar-refractivity contribution in [1.82, 2.24) is 5.32 Å². The van der Waals surface area contributed by atoms with Crippen molar-refractivity contribution in [1.29, 1.82) is 0 Å². The molecule has 0 aliphatic heterocycles. The van der Waals surface area contributed by atoms with E-state index < -0.39 is 17.8 Å². The van der Waals surface area contributed by atoms with Crippen LogP contribution in [0.15, 0.2) is 47.9 Å². The molecule has 1 heterocycles. The number of thiophene rings is 1. The van der Waals surface area contributed by atoms with Crippen LogP contribution in [0.3, 0.4) is 0 Å². The van der Waals surface area contributed by atoms with Gasteiger partial charge in [-0.3, -0.25) is 14.4 Å². The fourth-order valence-corrected chi connectivity index (χ4v) is 5.84. The fraction of sp³-hybridized carbons (Fsp3) is 0.375. The van der Waals surface area contributed by atoms with Gasteiger partial charge in [0.15, 0.2) is 0 Å². The van der Waals surface area contributed by atoms with Gasteiger partial charge in [-0.2, -0.15) is 0 Å². The number of fused-ring (bicyclic) bond motifs is 2. The molecule has 0 saturated heterocycles. The van der Waals surface area contributed by atoms with E-state index in [9.17, 15) is 19.5 Å². The van der Waals surface area contributed by atoms with Gasteiger partial charge in [0, 0.05) is 17.0 Å². The van der Waals surface area contributed by atoms with Crippen LogP contribution in [0.1, 0.15) is 36.0 Å². The third kappa shape index (κ3) is 3.78. The Balaban J connectivity index is 1.46. The summed E-state index contributed by atoms with van der Waals surface area (Å²) in [4.78, 5) is 38.3. The van der Waals surface area contributed by atoms with E-state index in [0.717, 1.165) is 36.8 Å². The molecule has 160 valence electrons. The highest BCUT2D eigenvalue weighted by atomic mass is 32.1. The van der Waals surface area contributed by atoms with E-state index in [4.69, 9.17) is 0 Å². The number of nitrogens with one attached hydrogen (secondary N) is 2. The Morgan fingerprint density at radius 1 is 0.935 bits per heavy atom. The van der Waals surface area contributed by atoms with Crippen LogP contribution >= 0.6 is 11.3 Å². The predicted octanol–water partition coefficient (Wildman–Crippen LogP) is 4.16. The summed E-state index contributed by atoms with van der Waals surface area (Å²) < 4.78 is 0. The van der Waals surface area contributed by atoms with E-state index in [-0.39, 0.29) is 29.7 Å². The molecule has 6 rings (SSSR count). The molecule has 0 radical (unpaired) electrons. The number of hydrogen-bond acceptors (Lipinski definition) is 4. The summed E-state index contributed by atoms with van der Waals surface area (Å²) in [7, 11) is 0. The first-order valence-electron chi connectivity index (χ1n) is 10.7. The molecular formula is C24H24N2O4S. The minimum atomic E-state index is -0.929. The molecule has 2 aromatic rings. The molecule has 2 fully saturated rings. The number of anilines is 1. The first-order valence-corrected chi connectivity index (χ1v) is 11.6. The second kappa shape index (κ2) is 7.96. The third-order valence-electron chi connectivity index (χ3n) is 6.59. The molecule has 31 heavy (non-hydrogen) atoms. The number of benzene rings is 1. The van der Waals surface area contributed by atoms with Crippen LogP contribution in [0.2, 0.25) is 0 Å². The van der Waals surface area contributed by atoms with Crippen LogP contribution in [0.5, 0.6) is 0 Å². The standard InChI is InChI=1S/C24H24N2O4S/c27-21(18-14-6-8-15(9-7-14)19(18)24(29)30)26-23-20(22(28)25-16-10-11-16)17(12-31-23)13-4-2-1-3-5-13/h1-6,8,12,14-16,18-19H,7,9-11H2,(H,25,28)(H,26,27)(H,29,30)/t14-,15+,18-,19-/m0/s1. The molecule has 4 atom stereocenters. The molecule has 1 aromatic carbocycles. The molecule has 6 nitrogen and oxygen atoms in total. The van der Waals surface area contributed by atoms with Crippen molar-refractivity contribution in [2.24, 2.45) is 23.7 Å². The van der Waals surface area contributed by atoms with Crippen molar-refractivity contribution in [2.75, 3.05) is 5.32 Å². The summed E-state index contributed by atoms with van der Waals surface area (Å²) >= 11 is 1.31. The van der Waals surface area contributed by atoms with Gasteiger partial charge in [-0.15, -0.1) is 11.3 Å². The Labute approximate surface area is 184 Å². The lowest BCUT2D eigenvalue weighted by molar-refractivity contribution is -0.151. The smallest absolute Gasteiger partial charge is 0.307 e. The Hall–Kier alpha value is -2.93. The fourth-order valence-electron chi connectivity index (χ4n) is 4.87. The lowest BCUT2D eigenvalue weighted by atomic mass is 9.62. The second-order valence-electron chi connectivity index (χ2n) is 8.64. The highest BCUT2D eigenvalue weighted by Crippen LogP contribution is 2.46. The van der Waals surface area contributed by atoms with Gasteiger partial charge >= 0.3 is 5.97 Å². The SMILES string of the molecule is O=C(NC1CC1)c1c(-c2ccccc2)csc1NC(=O)[C@@H]1[C@@H](C(=O)O)[C@@H]2C=C[C@H]1CC2. The summed E-state index contributed by atoms with van der Waals surface area (Å²) in [6, 6.07) is 9.81. The van der Waals surface area contributed by atoms with Crippen LogP contribution in [-0.2, 0) is 9.59 Å². The van der Waals surface area contributed by atoms with Crippen LogP contribution in [0, 0.1) is 23.7 Å². The summed E-state index contributed by atoms with van der Waals surface area (Å²) in [5.41, 5.74) is 2.14. The Morgan fingerprint density at radius 3 is 2.23 bits per heavy atom. The van der Waals surface area contributed by atoms with Crippen LogP contribution in [-0.4, -0.2) is 28.9 Å². The number of rotatable bonds is 6. The lowest BCUT2D eigenvalue weighted by Gasteiger charge is -2.41. The topological polar surface area (TPSA) is 95.5 Å². The average molecular weight is 437 g/mol. The van der Waals surface area contributed by atoms with Crippen molar-refractivity contribution in [3.05, 3.63) is 53.4 Å². The van der Waals surface area contributed by atoms with Gasteiger partial charge in [0.1, 0.15) is 5.00 Å². The molecular weight excluding hydrogens is 412 g/mol. The van der Waals surface area contributed by atoms with E-state index in [1.165, 1.54) is 11.3 Å². The predicted molar refractivity (Wildman–Crippen MR) is 119 cm³/mol. The molecule has 2 bridgehead atoms. The first kappa shape index (κ1) is 20.0. The highest BCUT2D eigenvalue weighted by Gasteiger charge is 2.48. The molecule has 4 aliphatic rings. The summed E-state index contributed by atoms with van der Waals surface area (Å²) in [6.45, 7) is 0. The molecule has 0 unspecified atom stereocenters. The average Bonchev–Trinajstić information content (AvgIpc) is 3.50. The summed E-state index contributed by atoms with van der Waals surface area (Å²) in [6.07, 6.45) is 7.49. The maximum absolute atomic E-state index is 13.3. The zero-order valence-electron chi connectivity index (χ0n) is 16.9. The van der Waals surface area contributed by atoms with Crippen molar-refractivity contribution in [3.63, 3.8) is 0 Å². The number of amides is 2. The first-order chi connectivity index (χ1) is 15.0. The Kier molecular flexibility index (Phi) is 5.14. The van der Waals surface area contributed by atoms with E-state index in [2.05, 4.69) is 10.6 Å². The summed E-state index contributed by atoms with van der Waals surface area (Å²) in [5.74, 6) is -2.97. The number of carboxylic acid groups (broad SMARTS) is 1. The second-order valence-corrected chi connectivity index (χ2v) is 9.52. The number of carbonyl (C=O) groups excluding carboxylic acids is 2. The van der Waals surface area contributed by atoms with Gasteiger partial charge in [0.05, 0.1) is 17.4 Å². The molecule has 7 heteroatoms. The zero-order valence-corrected chi connectivity index (χ0v) is 17.7. The number of allylic oxidation sites excluding steroid dienone is 2. The number of hydrogen-bond donors (Lipinski definition) is 3. The Morgan fingerprint density at radius 2 is 1.61 bits per heavy atom. The third-order valence-corrected chi connectivity index (χ3v) is 7.48. The zero-order chi connectivity index (χ0) is 21.5. The maximum Gasteiger partial charge on any atom is 0.307 e. The highest BCUT2D eigenvalue weighted by molar-refractivity contribution is 7.15. The quantitative estimate of drug-likeness (QED) is 0.593. The number of aliphatic carboxylic acids is 1. The van der Waals surface area contributed by atoms with E-state index >= 15 is 0 Å². The molecule has 4 aliphatic carbocycles. The van der Waals surface area contributed by atoms with Crippen molar-refractivity contribution in [3.8, 4) is 11.1 Å². The molecule has 2 amide bonds. The van der Waals surface area contributed by atoms with E-state index in [1.807, 2.05) is 47.9 Å². The molecule has 0 spiro atoms. The lowest BCUT2D eigenvalue weighted by Crippen LogP contribution is -2.47. The number of carboxylic acids is 1. The van der Waals surface area contributed by atoms with Gasteiger partial charge in [0.25, 0.3) is 5.91 Å². The number of carbonyl (C=O) groups is 3. The monoisotopic (exact) mass is 436 g/mol. The molecule has 2 saturated carbocycles. The molecule has 3 N–H and O–H groups in total. The maximum atomic E-state index is 13.3. The summed E-state index contributed by atoms with van der Waals surface area (Å²) in [5, 5.41) is 18.1. The minimum Gasteiger partial charge on any atom is -0.481 e. The van der Waals surface area contributed by atoms with Crippen molar-refractivity contribution >= 4 is 34.1 Å². The normalized spacial score (nSPS) is 26.5. The van der Waals surface area contributed by atoms with Gasteiger partial charge in [0.2, 0.25) is 5.91 Å². The van der Waals surface area contributed by atoms with Crippen LogP contribution < -0.4 is 10.6 Å². The van der Waals surface area contributed by atoms with Gasteiger partial charge in [-0.25, -0.2) is 0 Å². The Bertz CT molecular complexity index is 1060. The van der Waals surface area contributed by atoms with E-state index in [0.29, 0.717) is 10.6 Å². The van der Waals surface area contributed by atoms with Crippen molar-refractivity contribution in [2.45, 2.75) is 31.7 Å². The van der Waals surface area contributed by atoms with Gasteiger partial charge in [-0.05, 0) is 43.1 Å². The minimum absolute atomic E-state index is 0.0802. The van der Waals surface area contributed by atoms with Gasteiger partial charge < -0.3 is 15.7 Å². The largest absolute Gasteiger partial charge is 0.481 e.